The molecule has 0 amide bonds. The van der Waals surface area contributed by atoms with Crippen molar-refractivity contribution in [3.63, 3.8) is 0 Å². The zero-order valence-corrected chi connectivity index (χ0v) is 12.7. The second-order valence-corrected chi connectivity index (χ2v) is 6.85. The molecule has 0 aromatic heterocycles. The van der Waals surface area contributed by atoms with Gasteiger partial charge in [-0.3, -0.25) is 0 Å². The van der Waals surface area contributed by atoms with Gasteiger partial charge in [-0.15, -0.1) is 0 Å². The Kier molecular flexibility index (Phi) is 3.69. The van der Waals surface area contributed by atoms with E-state index < -0.39 is 0 Å². The Hall–Kier alpha value is -0.423. The van der Waals surface area contributed by atoms with E-state index in [9.17, 15) is 5.11 Å². The average Bonchev–Trinajstić information content (AvgIpc) is 2.43. The van der Waals surface area contributed by atoms with Crippen molar-refractivity contribution in [3.05, 3.63) is 29.3 Å². The van der Waals surface area contributed by atoms with Gasteiger partial charge in [0.05, 0.1) is 0 Å². The Morgan fingerprint density at radius 2 is 2.15 bits per heavy atom. The topological polar surface area (TPSA) is 23.5 Å². The SMILES string of the molecule is CN1CC[C@]23CCCC[C@H]2[C@H]1Cc1ccc(O)cc13.[H-].[Li+]. The fourth-order valence-corrected chi connectivity index (χ4v) is 5.18. The molecule has 0 unspecified atom stereocenters. The Balaban J connectivity index is 0.000000807. The number of fused-ring (bicyclic) bond motifs is 1. The molecule has 3 aliphatic rings. The van der Waals surface area contributed by atoms with Crippen LogP contribution >= 0.6 is 0 Å². The number of rotatable bonds is 0. The minimum absolute atomic E-state index is 0. The summed E-state index contributed by atoms with van der Waals surface area (Å²) in [7, 11) is 2.30. The summed E-state index contributed by atoms with van der Waals surface area (Å²) in [6.07, 6.45) is 7.93. The number of phenolic OH excluding ortho intramolecular Hbond substituents is 1. The summed E-state index contributed by atoms with van der Waals surface area (Å²) >= 11 is 0. The van der Waals surface area contributed by atoms with E-state index in [1.165, 1.54) is 56.2 Å². The van der Waals surface area contributed by atoms with Gasteiger partial charge >= 0.3 is 18.9 Å². The fraction of sp³-hybridized carbons (Fsp3) is 0.647. The molecule has 1 N–H and O–H groups in total. The average molecular weight is 265 g/mol. The van der Waals surface area contributed by atoms with Crippen LogP contribution < -0.4 is 18.9 Å². The van der Waals surface area contributed by atoms with E-state index in [-0.39, 0.29) is 20.3 Å². The van der Waals surface area contributed by atoms with Gasteiger partial charge < -0.3 is 11.4 Å². The molecule has 1 aromatic rings. The molecule has 2 nitrogen and oxygen atoms in total. The van der Waals surface area contributed by atoms with Gasteiger partial charge in [0.2, 0.25) is 0 Å². The predicted octanol–water partition coefficient (Wildman–Crippen LogP) is 0.197. The molecule has 1 saturated heterocycles. The number of likely N-dealkylation sites (tertiary alicyclic amines) is 1. The minimum atomic E-state index is 0. The van der Waals surface area contributed by atoms with Crippen LogP contribution in [-0.4, -0.2) is 29.6 Å². The normalized spacial score (nSPS) is 35.6. The van der Waals surface area contributed by atoms with Crippen molar-refractivity contribution in [1.82, 2.24) is 4.90 Å². The molecular formula is C17H24LiNO. The van der Waals surface area contributed by atoms with Crippen molar-refractivity contribution in [2.45, 2.75) is 50.0 Å². The van der Waals surface area contributed by atoms with Gasteiger partial charge in [0.15, 0.2) is 0 Å². The zero-order valence-electron chi connectivity index (χ0n) is 13.7. The van der Waals surface area contributed by atoms with Crippen molar-refractivity contribution in [1.29, 1.82) is 0 Å². The summed E-state index contributed by atoms with van der Waals surface area (Å²) in [4.78, 5) is 2.59. The number of piperidine rings is 1. The van der Waals surface area contributed by atoms with Gasteiger partial charge in [-0.25, -0.2) is 0 Å². The quantitative estimate of drug-likeness (QED) is 0.677. The molecular weight excluding hydrogens is 241 g/mol. The molecule has 4 rings (SSSR count). The first-order valence-electron chi connectivity index (χ1n) is 7.73. The van der Waals surface area contributed by atoms with Crippen molar-refractivity contribution < 1.29 is 25.4 Å². The number of hydrogen-bond acceptors (Lipinski definition) is 2. The summed E-state index contributed by atoms with van der Waals surface area (Å²) in [5.74, 6) is 1.27. The first-order valence-corrected chi connectivity index (χ1v) is 7.73. The molecule has 0 radical (unpaired) electrons. The number of benzene rings is 1. The summed E-state index contributed by atoms with van der Waals surface area (Å²) in [5, 5.41) is 9.91. The van der Waals surface area contributed by atoms with Gasteiger partial charge in [0.25, 0.3) is 0 Å². The second kappa shape index (κ2) is 5.09. The third-order valence-electron chi connectivity index (χ3n) is 6.10. The third kappa shape index (κ3) is 1.89. The van der Waals surface area contributed by atoms with Crippen LogP contribution in [0.2, 0.25) is 0 Å². The molecule has 1 aromatic carbocycles. The van der Waals surface area contributed by atoms with E-state index in [0.717, 1.165) is 12.0 Å². The summed E-state index contributed by atoms with van der Waals surface area (Å²) in [6.45, 7) is 1.22. The van der Waals surface area contributed by atoms with E-state index in [1.807, 2.05) is 6.07 Å². The molecule has 2 fully saturated rings. The third-order valence-corrected chi connectivity index (χ3v) is 6.10. The Labute approximate surface area is 135 Å². The van der Waals surface area contributed by atoms with E-state index in [0.29, 0.717) is 11.2 Å². The number of hydrogen-bond donors (Lipinski definition) is 1. The van der Waals surface area contributed by atoms with E-state index in [4.69, 9.17) is 0 Å². The maximum absolute atomic E-state index is 9.91. The van der Waals surface area contributed by atoms with Gasteiger partial charge in [0.1, 0.15) is 5.75 Å². The fourth-order valence-electron chi connectivity index (χ4n) is 5.18. The summed E-state index contributed by atoms with van der Waals surface area (Å²) in [6, 6.07) is 6.85. The summed E-state index contributed by atoms with van der Waals surface area (Å²) in [5.41, 5.74) is 3.36. The minimum Gasteiger partial charge on any atom is -1.00 e. The van der Waals surface area contributed by atoms with Crippen molar-refractivity contribution in [3.8, 4) is 5.75 Å². The Morgan fingerprint density at radius 3 is 3.00 bits per heavy atom. The maximum atomic E-state index is 9.91. The molecule has 1 saturated carbocycles. The smallest absolute Gasteiger partial charge is 1.00 e. The van der Waals surface area contributed by atoms with Crippen LogP contribution in [-0.2, 0) is 11.8 Å². The van der Waals surface area contributed by atoms with Crippen molar-refractivity contribution >= 4 is 0 Å². The van der Waals surface area contributed by atoms with Crippen molar-refractivity contribution in [2.75, 3.05) is 13.6 Å². The molecule has 1 heterocycles. The van der Waals surface area contributed by atoms with E-state index in [1.54, 1.807) is 0 Å². The maximum Gasteiger partial charge on any atom is 1.00 e. The Morgan fingerprint density at radius 1 is 1.30 bits per heavy atom. The largest absolute Gasteiger partial charge is 1.00 e. The monoisotopic (exact) mass is 265 g/mol. The number of likely N-dealkylation sites (N-methyl/N-ethyl adjacent to an activating group) is 1. The van der Waals surface area contributed by atoms with Crippen LogP contribution in [0, 0.1) is 5.92 Å². The van der Waals surface area contributed by atoms with Gasteiger partial charge in [-0.05, 0) is 68.5 Å². The number of phenols is 1. The van der Waals surface area contributed by atoms with Crippen LogP contribution in [0.3, 0.4) is 0 Å². The molecule has 20 heavy (non-hydrogen) atoms. The first-order chi connectivity index (χ1) is 9.21. The van der Waals surface area contributed by atoms with Crippen LogP contribution in [0.5, 0.6) is 5.75 Å². The molecule has 2 aliphatic carbocycles. The van der Waals surface area contributed by atoms with Crippen LogP contribution in [0.15, 0.2) is 18.2 Å². The van der Waals surface area contributed by atoms with Gasteiger partial charge in [0, 0.05) is 11.5 Å². The van der Waals surface area contributed by atoms with Crippen molar-refractivity contribution in [2.24, 2.45) is 5.92 Å². The van der Waals surface area contributed by atoms with Crippen LogP contribution in [0.4, 0.5) is 0 Å². The number of nitrogens with zero attached hydrogens (tertiary/aromatic N) is 1. The first kappa shape index (κ1) is 14.5. The molecule has 3 heteroatoms. The van der Waals surface area contributed by atoms with Crippen LogP contribution in [0.25, 0.3) is 0 Å². The van der Waals surface area contributed by atoms with Gasteiger partial charge in [-0.1, -0.05) is 18.9 Å². The van der Waals surface area contributed by atoms with E-state index in [2.05, 4.69) is 24.1 Å². The van der Waals surface area contributed by atoms with Crippen LogP contribution in [0.1, 0.15) is 44.7 Å². The second-order valence-electron chi connectivity index (χ2n) is 6.85. The standard InChI is InChI=1S/C17H23NO.Li.H/c1-18-9-8-17-7-3-2-4-14(17)16(18)10-12-5-6-13(19)11-15(12)17;;/h5-6,11,14,16,19H,2-4,7-10H2,1H3;;/q;+1;-1/t14-,16+,17+;;/m0../s1. The number of aromatic hydroxyl groups is 1. The van der Waals surface area contributed by atoms with E-state index >= 15 is 0 Å². The summed E-state index contributed by atoms with van der Waals surface area (Å²) < 4.78 is 0. The molecule has 104 valence electrons. The Bertz CT molecular complexity index is 524. The molecule has 1 aliphatic heterocycles. The molecule has 2 bridgehead atoms. The molecule has 3 atom stereocenters. The van der Waals surface area contributed by atoms with Gasteiger partial charge in [-0.2, -0.15) is 0 Å². The predicted molar refractivity (Wildman–Crippen MR) is 77.6 cm³/mol. The molecule has 0 spiro atoms. The zero-order chi connectivity index (χ0) is 13.0.